The summed E-state index contributed by atoms with van der Waals surface area (Å²) in [5.41, 5.74) is 3.47. The molecule has 1 saturated heterocycles. The average Bonchev–Trinajstić information content (AvgIpc) is 3.07. The zero-order valence-electron chi connectivity index (χ0n) is 13.8. The van der Waals surface area contributed by atoms with Crippen LogP contribution in [0.1, 0.15) is 52.2 Å². The molecule has 0 radical (unpaired) electrons. The number of carbonyl (C=O) groups is 1. The molecule has 6 heteroatoms. The zero-order valence-corrected chi connectivity index (χ0v) is 13.8. The highest BCUT2D eigenvalue weighted by atomic mass is 16.5. The van der Waals surface area contributed by atoms with Crippen LogP contribution in [0, 0.1) is 6.92 Å². The van der Waals surface area contributed by atoms with E-state index in [9.17, 15) is 4.79 Å². The fraction of sp³-hybridized carbons (Fsp3) is 0.500. The minimum atomic E-state index is -0.346. The van der Waals surface area contributed by atoms with E-state index in [1.54, 1.807) is 6.92 Å². The summed E-state index contributed by atoms with van der Waals surface area (Å²) < 4.78 is 11.1. The van der Waals surface area contributed by atoms with Crippen molar-refractivity contribution in [3.05, 3.63) is 46.7 Å². The van der Waals surface area contributed by atoms with Crippen LogP contribution in [0.5, 0.6) is 0 Å². The quantitative estimate of drug-likeness (QED) is 0.847. The summed E-state index contributed by atoms with van der Waals surface area (Å²) in [5.74, 6) is 0.995. The van der Waals surface area contributed by atoms with Crippen LogP contribution in [-0.4, -0.2) is 40.7 Å². The number of benzene rings is 1. The van der Waals surface area contributed by atoms with Crippen molar-refractivity contribution >= 4 is 5.91 Å². The minimum absolute atomic E-state index is 0.0490. The van der Waals surface area contributed by atoms with Gasteiger partial charge in [0, 0.05) is 19.0 Å². The largest absolute Gasteiger partial charge is 0.423 e. The first-order valence-electron chi connectivity index (χ1n) is 8.53. The molecule has 0 saturated carbocycles. The summed E-state index contributed by atoms with van der Waals surface area (Å²) in [6.45, 7) is 3.25. The van der Waals surface area contributed by atoms with Crippen molar-refractivity contribution in [1.82, 2.24) is 15.1 Å². The van der Waals surface area contributed by atoms with Crippen LogP contribution in [0.3, 0.4) is 0 Å². The highest BCUT2D eigenvalue weighted by molar-refractivity contribution is 5.94. The van der Waals surface area contributed by atoms with E-state index in [1.807, 2.05) is 11.0 Å². The highest BCUT2D eigenvalue weighted by Gasteiger charge is 2.29. The van der Waals surface area contributed by atoms with E-state index in [0.717, 1.165) is 18.4 Å². The summed E-state index contributed by atoms with van der Waals surface area (Å²) in [7, 11) is 0. The molecule has 1 aliphatic heterocycles. The number of ether oxygens (including phenoxy) is 1. The van der Waals surface area contributed by atoms with Crippen LogP contribution >= 0.6 is 0 Å². The van der Waals surface area contributed by atoms with Gasteiger partial charge in [0.15, 0.2) is 6.10 Å². The van der Waals surface area contributed by atoms with Gasteiger partial charge < -0.3 is 14.1 Å². The molecule has 1 aromatic heterocycles. The Morgan fingerprint density at radius 2 is 2.04 bits per heavy atom. The third-order valence-electron chi connectivity index (χ3n) is 4.77. The molecule has 126 valence electrons. The lowest BCUT2D eigenvalue weighted by Gasteiger charge is -2.31. The Bertz CT molecular complexity index is 756. The summed E-state index contributed by atoms with van der Waals surface area (Å²) in [5, 5.41) is 7.85. The van der Waals surface area contributed by atoms with Crippen molar-refractivity contribution in [2.24, 2.45) is 0 Å². The van der Waals surface area contributed by atoms with Crippen LogP contribution in [0.15, 0.2) is 22.6 Å². The Morgan fingerprint density at radius 3 is 2.83 bits per heavy atom. The second-order valence-electron chi connectivity index (χ2n) is 6.46. The second-order valence-corrected chi connectivity index (χ2v) is 6.46. The average molecular weight is 327 g/mol. The molecule has 0 N–H and O–H groups in total. The highest BCUT2D eigenvalue weighted by Crippen LogP contribution is 2.25. The number of aromatic nitrogens is 2. The van der Waals surface area contributed by atoms with E-state index >= 15 is 0 Å². The number of nitrogens with zero attached hydrogens (tertiary/aromatic N) is 3. The number of fused-ring (bicyclic) bond motifs is 1. The molecule has 1 amide bonds. The van der Waals surface area contributed by atoms with Gasteiger partial charge in [-0.2, -0.15) is 0 Å². The van der Waals surface area contributed by atoms with E-state index in [2.05, 4.69) is 22.3 Å². The molecule has 2 aliphatic rings. The maximum absolute atomic E-state index is 12.9. The fourth-order valence-electron chi connectivity index (χ4n) is 3.47. The molecule has 1 aliphatic carbocycles. The molecule has 1 atom stereocenters. The van der Waals surface area contributed by atoms with Crippen molar-refractivity contribution in [3.63, 3.8) is 0 Å². The van der Waals surface area contributed by atoms with Crippen LogP contribution in [-0.2, 0) is 17.6 Å². The third kappa shape index (κ3) is 2.94. The number of carbonyl (C=O) groups excluding carboxylic acids is 1. The second kappa shape index (κ2) is 6.36. The molecule has 0 unspecified atom stereocenters. The van der Waals surface area contributed by atoms with Crippen LogP contribution in [0.25, 0.3) is 0 Å². The Kier molecular flexibility index (Phi) is 4.06. The molecule has 24 heavy (non-hydrogen) atoms. The molecule has 1 fully saturated rings. The van der Waals surface area contributed by atoms with E-state index in [4.69, 9.17) is 9.15 Å². The SMILES string of the molecule is Cc1nnc([C@H]2CN(C(=O)c3ccc4c(c3)CCCC4)CCO2)o1. The molecular weight excluding hydrogens is 306 g/mol. The van der Waals surface area contributed by atoms with Gasteiger partial charge in [-0.25, -0.2) is 0 Å². The lowest BCUT2D eigenvalue weighted by Crippen LogP contribution is -2.42. The summed E-state index contributed by atoms with van der Waals surface area (Å²) >= 11 is 0. The van der Waals surface area contributed by atoms with Gasteiger partial charge in [0.2, 0.25) is 11.8 Å². The van der Waals surface area contributed by atoms with Crippen LogP contribution in [0.2, 0.25) is 0 Å². The van der Waals surface area contributed by atoms with Gasteiger partial charge in [0.05, 0.1) is 13.2 Å². The molecule has 4 rings (SSSR count). The lowest BCUT2D eigenvalue weighted by atomic mass is 9.90. The van der Waals surface area contributed by atoms with Gasteiger partial charge in [-0.15, -0.1) is 10.2 Å². The minimum Gasteiger partial charge on any atom is -0.423 e. The monoisotopic (exact) mass is 327 g/mol. The van der Waals surface area contributed by atoms with Crippen LogP contribution in [0.4, 0.5) is 0 Å². The predicted molar refractivity (Wildman–Crippen MR) is 86.7 cm³/mol. The number of hydrogen-bond donors (Lipinski definition) is 0. The summed E-state index contributed by atoms with van der Waals surface area (Å²) in [6.07, 6.45) is 4.31. The van der Waals surface area contributed by atoms with Crippen molar-refractivity contribution in [2.75, 3.05) is 19.7 Å². The number of aryl methyl sites for hydroxylation is 3. The van der Waals surface area contributed by atoms with Gasteiger partial charge in [-0.3, -0.25) is 4.79 Å². The van der Waals surface area contributed by atoms with Gasteiger partial charge in [0.25, 0.3) is 5.91 Å². The van der Waals surface area contributed by atoms with Crippen molar-refractivity contribution in [1.29, 1.82) is 0 Å². The van der Waals surface area contributed by atoms with Crippen LogP contribution < -0.4 is 0 Å². The number of hydrogen-bond acceptors (Lipinski definition) is 5. The lowest BCUT2D eigenvalue weighted by molar-refractivity contribution is -0.0349. The number of rotatable bonds is 2. The zero-order chi connectivity index (χ0) is 16.5. The standard InChI is InChI=1S/C18H21N3O3/c1-12-19-20-17(24-12)16-11-21(8-9-23-16)18(22)15-7-6-13-4-2-3-5-14(13)10-15/h6-7,10,16H,2-5,8-9,11H2,1H3/t16-/m1/s1. The predicted octanol–water partition coefficient (Wildman–Crippen LogP) is 2.47. The first kappa shape index (κ1) is 15.3. The molecule has 1 aromatic carbocycles. The molecule has 2 aromatic rings. The van der Waals surface area contributed by atoms with Crippen molar-refractivity contribution < 1.29 is 13.9 Å². The number of amides is 1. The van der Waals surface area contributed by atoms with Gasteiger partial charge in [-0.05, 0) is 48.9 Å². The molecule has 6 nitrogen and oxygen atoms in total. The van der Waals surface area contributed by atoms with E-state index in [0.29, 0.717) is 31.5 Å². The van der Waals surface area contributed by atoms with Gasteiger partial charge in [-0.1, -0.05) is 6.07 Å². The number of morpholine rings is 1. The Balaban J connectivity index is 1.51. The van der Waals surface area contributed by atoms with Gasteiger partial charge >= 0.3 is 0 Å². The molecular formula is C18H21N3O3. The van der Waals surface area contributed by atoms with Gasteiger partial charge in [0.1, 0.15) is 0 Å². The summed E-state index contributed by atoms with van der Waals surface area (Å²) in [4.78, 5) is 14.7. The molecule has 2 heterocycles. The van der Waals surface area contributed by atoms with Crippen molar-refractivity contribution in [3.8, 4) is 0 Å². The molecule has 0 spiro atoms. The smallest absolute Gasteiger partial charge is 0.254 e. The Hall–Kier alpha value is -2.21. The maximum atomic E-state index is 12.9. The summed E-state index contributed by atoms with van der Waals surface area (Å²) in [6, 6.07) is 6.13. The fourth-order valence-corrected chi connectivity index (χ4v) is 3.47. The van der Waals surface area contributed by atoms with E-state index in [1.165, 1.54) is 24.0 Å². The first-order chi connectivity index (χ1) is 11.7. The Morgan fingerprint density at radius 1 is 1.21 bits per heavy atom. The van der Waals surface area contributed by atoms with E-state index in [-0.39, 0.29) is 12.0 Å². The first-order valence-corrected chi connectivity index (χ1v) is 8.53. The van der Waals surface area contributed by atoms with Crippen molar-refractivity contribution in [2.45, 2.75) is 38.7 Å². The molecule has 0 bridgehead atoms. The topological polar surface area (TPSA) is 68.5 Å². The normalized spacial score (nSPS) is 20.7. The third-order valence-corrected chi connectivity index (χ3v) is 4.77. The van der Waals surface area contributed by atoms with E-state index < -0.39 is 0 Å². The maximum Gasteiger partial charge on any atom is 0.254 e. The Labute approximate surface area is 140 Å².